The van der Waals surface area contributed by atoms with E-state index in [0.717, 1.165) is 23.6 Å². The zero-order valence-electron chi connectivity index (χ0n) is 19.7. The molecule has 1 heterocycles. The van der Waals surface area contributed by atoms with E-state index in [2.05, 4.69) is 42.9 Å². The summed E-state index contributed by atoms with van der Waals surface area (Å²) >= 11 is 6.96. The molecule has 2 rings (SSSR count). The van der Waals surface area contributed by atoms with Gasteiger partial charge in [-0.2, -0.15) is 4.99 Å². The van der Waals surface area contributed by atoms with E-state index < -0.39 is 0 Å². The number of benzene rings is 1. The number of thiocarbonyl (C=S) groups is 1. The van der Waals surface area contributed by atoms with Crippen LogP contribution in [0.3, 0.4) is 0 Å². The van der Waals surface area contributed by atoms with E-state index in [9.17, 15) is 0 Å². The highest BCUT2D eigenvalue weighted by Crippen LogP contribution is 2.32. The van der Waals surface area contributed by atoms with E-state index in [1.54, 1.807) is 11.8 Å². The molecule has 31 heavy (non-hydrogen) atoms. The van der Waals surface area contributed by atoms with Crippen LogP contribution in [0.2, 0.25) is 0 Å². The molecule has 0 radical (unpaired) electrons. The van der Waals surface area contributed by atoms with Gasteiger partial charge in [0, 0.05) is 17.5 Å². The molecule has 1 aliphatic rings. The van der Waals surface area contributed by atoms with Crippen molar-refractivity contribution in [1.82, 2.24) is 4.90 Å². The summed E-state index contributed by atoms with van der Waals surface area (Å²) in [6, 6.07) is 8.28. The van der Waals surface area contributed by atoms with Crippen molar-refractivity contribution in [2.24, 2.45) is 16.1 Å². The Kier molecular flexibility index (Phi) is 11.1. The first-order chi connectivity index (χ1) is 14.8. The van der Waals surface area contributed by atoms with Crippen molar-refractivity contribution in [1.29, 1.82) is 0 Å². The zero-order valence-corrected chi connectivity index (χ0v) is 21.3. The third-order valence-corrected chi connectivity index (χ3v) is 7.55. The Labute approximate surface area is 198 Å². The third kappa shape index (κ3) is 9.38. The molecule has 0 spiro atoms. The second-order valence-electron chi connectivity index (χ2n) is 8.86. The molecule has 0 bridgehead atoms. The van der Waals surface area contributed by atoms with Gasteiger partial charge in [0.25, 0.3) is 0 Å². The van der Waals surface area contributed by atoms with Crippen LogP contribution in [0.4, 0.5) is 5.69 Å². The first kappa shape index (κ1) is 25.9. The minimum Gasteiger partial charge on any atom is -0.492 e. The van der Waals surface area contributed by atoms with Crippen molar-refractivity contribution in [2.75, 3.05) is 30.8 Å². The monoisotopic (exact) mass is 464 g/mol. The number of nitrogens with two attached hydrogens (primary N) is 1. The Morgan fingerprint density at radius 3 is 2.58 bits per heavy atom. The molecule has 5 nitrogen and oxygen atoms in total. The highest BCUT2D eigenvalue weighted by Gasteiger charge is 2.22. The van der Waals surface area contributed by atoms with Crippen LogP contribution >= 0.6 is 24.0 Å². The smallest absolute Gasteiger partial charge is 0.199 e. The third-order valence-electron chi connectivity index (χ3n) is 6.13. The predicted molar refractivity (Wildman–Crippen MR) is 140 cm³/mol. The summed E-state index contributed by atoms with van der Waals surface area (Å²) in [4.78, 5) is 6.84. The van der Waals surface area contributed by atoms with Gasteiger partial charge in [-0.05, 0) is 87.6 Å². The van der Waals surface area contributed by atoms with E-state index in [1.807, 2.05) is 24.3 Å². The number of hydrogen-bond acceptors (Lipinski definition) is 4. The molecule has 7 heteroatoms. The second-order valence-corrected chi connectivity index (χ2v) is 10.2. The molecule has 1 aromatic carbocycles. The molecule has 0 aliphatic carbocycles. The first-order valence-electron chi connectivity index (χ1n) is 11.6. The Morgan fingerprint density at radius 2 is 1.97 bits per heavy atom. The van der Waals surface area contributed by atoms with Crippen LogP contribution in [-0.2, 0) is 0 Å². The molecule has 2 atom stereocenters. The molecule has 1 aromatic rings. The van der Waals surface area contributed by atoms with Gasteiger partial charge in [-0.15, -0.1) is 0 Å². The van der Waals surface area contributed by atoms with Gasteiger partial charge in [0.2, 0.25) is 0 Å². The summed E-state index contributed by atoms with van der Waals surface area (Å²) in [5.41, 5.74) is 7.30. The molecule has 0 saturated carbocycles. The largest absolute Gasteiger partial charge is 0.492 e. The Morgan fingerprint density at radius 1 is 1.29 bits per heavy atom. The maximum absolute atomic E-state index is 6.12. The second kappa shape index (κ2) is 13.3. The number of amidine groups is 1. The molecular weight excluding hydrogens is 424 g/mol. The topological polar surface area (TPSA) is 62.9 Å². The number of nitrogens with zero attached hydrogens (tertiary/aromatic N) is 2. The van der Waals surface area contributed by atoms with E-state index in [4.69, 9.17) is 22.7 Å². The quantitative estimate of drug-likeness (QED) is 0.241. The SMILES string of the molecule is CCCCC(C)(CC)CS/C(N)=N/C(=S)Nc1ccc(OCC(C)N2CCCC2)cc1. The fourth-order valence-electron chi connectivity index (χ4n) is 3.63. The van der Waals surface area contributed by atoms with Crippen molar-refractivity contribution >= 4 is 39.9 Å². The highest BCUT2D eigenvalue weighted by molar-refractivity contribution is 8.13. The van der Waals surface area contributed by atoms with Crippen LogP contribution in [0.25, 0.3) is 0 Å². The van der Waals surface area contributed by atoms with Crippen molar-refractivity contribution in [3.8, 4) is 5.75 Å². The Bertz CT molecular complexity index is 704. The highest BCUT2D eigenvalue weighted by atomic mass is 32.2. The normalized spacial score (nSPS) is 17.9. The standard InChI is InChI=1S/C24H40N4OS2/c1-5-7-14-24(4,6-2)18-31-22(25)27-23(30)26-20-10-12-21(13-11-20)29-17-19(3)28-15-8-9-16-28/h10-13,19H,5-9,14-18H2,1-4H3,(H3,25,26,27,30). The summed E-state index contributed by atoms with van der Waals surface area (Å²) in [5.74, 6) is 1.83. The van der Waals surface area contributed by atoms with E-state index in [-0.39, 0.29) is 5.41 Å². The van der Waals surface area contributed by atoms with Gasteiger partial charge >= 0.3 is 0 Å². The van der Waals surface area contributed by atoms with Crippen LogP contribution in [0, 0.1) is 5.41 Å². The summed E-state index contributed by atoms with van der Waals surface area (Å²) in [6.45, 7) is 12.1. The average Bonchev–Trinajstić information content (AvgIpc) is 3.30. The molecule has 0 aromatic heterocycles. The number of thioether (sulfide) groups is 1. The zero-order chi connectivity index (χ0) is 22.7. The van der Waals surface area contributed by atoms with Crippen molar-refractivity contribution in [3.05, 3.63) is 24.3 Å². The molecule has 1 fully saturated rings. The summed E-state index contributed by atoms with van der Waals surface area (Å²) in [6.07, 6.45) is 7.42. The fourth-order valence-corrected chi connectivity index (χ4v) is 4.90. The molecule has 174 valence electrons. The molecule has 1 saturated heterocycles. The number of rotatable bonds is 11. The van der Waals surface area contributed by atoms with Gasteiger partial charge in [-0.1, -0.05) is 45.4 Å². The van der Waals surface area contributed by atoms with E-state index in [1.165, 1.54) is 45.2 Å². The lowest BCUT2D eigenvalue weighted by atomic mass is 9.84. The molecule has 3 N–H and O–H groups in total. The lowest BCUT2D eigenvalue weighted by Gasteiger charge is -2.27. The van der Waals surface area contributed by atoms with Crippen LogP contribution in [0.1, 0.15) is 66.2 Å². The number of ether oxygens (including phenoxy) is 1. The number of likely N-dealkylation sites (tertiary alicyclic amines) is 1. The van der Waals surface area contributed by atoms with Crippen LogP contribution in [0.5, 0.6) is 5.75 Å². The van der Waals surface area contributed by atoms with Gasteiger partial charge in [0.05, 0.1) is 0 Å². The molecular formula is C24H40N4OS2. The molecule has 0 amide bonds. The van der Waals surface area contributed by atoms with Gasteiger partial charge in [-0.3, -0.25) is 4.90 Å². The van der Waals surface area contributed by atoms with Gasteiger partial charge in [0.1, 0.15) is 12.4 Å². The van der Waals surface area contributed by atoms with E-state index in [0.29, 0.717) is 22.9 Å². The number of aliphatic imine (C=N–C) groups is 1. The minimum atomic E-state index is 0.290. The van der Waals surface area contributed by atoms with E-state index >= 15 is 0 Å². The number of unbranched alkanes of at least 4 members (excludes halogenated alkanes) is 1. The Hall–Kier alpha value is -1.31. The maximum Gasteiger partial charge on any atom is 0.199 e. The van der Waals surface area contributed by atoms with Crippen molar-refractivity contribution in [3.63, 3.8) is 0 Å². The van der Waals surface area contributed by atoms with Crippen LogP contribution < -0.4 is 15.8 Å². The minimum absolute atomic E-state index is 0.290. The van der Waals surface area contributed by atoms with Crippen molar-refractivity contribution < 1.29 is 4.74 Å². The average molecular weight is 465 g/mol. The molecule has 2 unspecified atom stereocenters. The summed E-state index contributed by atoms with van der Waals surface area (Å²) in [7, 11) is 0. The van der Waals surface area contributed by atoms with Crippen LogP contribution in [-0.4, -0.2) is 46.7 Å². The predicted octanol–water partition coefficient (Wildman–Crippen LogP) is 5.90. The number of nitrogens with one attached hydrogen (secondary N) is 1. The van der Waals surface area contributed by atoms with Gasteiger partial charge in [-0.25, -0.2) is 0 Å². The van der Waals surface area contributed by atoms with Gasteiger partial charge in [0.15, 0.2) is 10.3 Å². The van der Waals surface area contributed by atoms with Crippen LogP contribution in [0.15, 0.2) is 29.3 Å². The Balaban J connectivity index is 1.77. The fraction of sp³-hybridized carbons (Fsp3) is 0.667. The summed E-state index contributed by atoms with van der Waals surface area (Å²) < 4.78 is 5.95. The summed E-state index contributed by atoms with van der Waals surface area (Å²) in [5, 5.41) is 4.04. The lowest BCUT2D eigenvalue weighted by molar-refractivity contribution is 0.172. The maximum atomic E-state index is 6.12. The number of hydrogen-bond donors (Lipinski definition) is 2. The van der Waals surface area contributed by atoms with Gasteiger partial charge < -0.3 is 15.8 Å². The first-order valence-corrected chi connectivity index (χ1v) is 13.0. The van der Waals surface area contributed by atoms with Crippen molar-refractivity contribution in [2.45, 2.75) is 72.3 Å². The number of anilines is 1. The molecule has 1 aliphatic heterocycles. The lowest BCUT2D eigenvalue weighted by Crippen LogP contribution is -2.34.